The maximum absolute atomic E-state index is 15.5. The first kappa shape index (κ1) is 44.3. The van der Waals surface area contributed by atoms with E-state index in [0.717, 1.165) is 16.7 Å². The molecule has 0 aliphatic rings. The zero-order chi connectivity index (χ0) is 42.4. The van der Waals surface area contributed by atoms with Crippen LogP contribution in [0.5, 0.6) is 0 Å². The Balaban J connectivity index is 1.58. The SMILES string of the molecule is CC(C)(COCc1ccccc1)CC([C@H](O)c1nccn1COCc1ccccc1)N(C(=O)[C@H](Cc1ccccc1)NC(=O)OC(C)(C)C)[C@@H](Cc1cnc[nH]1)C(N)=O. The number of nitrogens with two attached hydrogens (primary N) is 1. The summed E-state index contributed by atoms with van der Waals surface area (Å²) in [5, 5.41) is 15.4. The van der Waals surface area contributed by atoms with E-state index in [-0.39, 0.29) is 38.4 Å². The normalized spacial score (nSPS) is 13.9. The summed E-state index contributed by atoms with van der Waals surface area (Å²) in [5.74, 6) is -1.29. The quantitative estimate of drug-likeness (QED) is 0.0703. The third-order valence-corrected chi connectivity index (χ3v) is 9.60. The number of primary amides is 1. The van der Waals surface area contributed by atoms with Gasteiger partial charge in [0.1, 0.15) is 36.3 Å². The molecule has 59 heavy (non-hydrogen) atoms. The highest BCUT2D eigenvalue weighted by atomic mass is 16.6. The first-order chi connectivity index (χ1) is 28.2. The zero-order valence-corrected chi connectivity index (χ0v) is 34.5. The minimum absolute atomic E-state index is 0.0375. The van der Waals surface area contributed by atoms with Crippen molar-refractivity contribution in [1.82, 2.24) is 29.7 Å². The van der Waals surface area contributed by atoms with Crippen LogP contribution in [0, 0.1) is 5.41 Å². The number of carbonyl (C=O) groups excluding carboxylic acids is 3. The Morgan fingerprint density at radius 2 is 1.46 bits per heavy atom. The molecule has 14 heteroatoms. The molecule has 0 radical (unpaired) electrons. The number of aliphatic hydroxyl groups excluding tert-OH is 1. The maximum Gasteiger partial charge on any atom is 0.408 e. The molecule has 3 aromatic carbocycles. The number of aliphatic hydroxyl groups is 1. The van der Waals surface area contributed by atoms with Crippen molar-refractivity contribution in [1.29, 1.82) is 0 Å². The predicted octanol–water partition coefficient (Wildman–Crippen LogP) is 5.88. The van der Waals surface area contributed by atoms with E-state index in [9.17, 15) is 14.7 Å². The first-order valence-electron chi connectivity index (χ1n) is 19.7. The summed E-state index contributed by atoms with van der Waals surface area (Å²) in [6.07, 6.45) is 4.02. The van der Waals surface area contributed by atoms with Crippen LogP contribution in [0.25, 0.3) is 0 Å². The van der Waals surface area contributed by atoms with Crippen LogP contribution in [0.3, 0.4) is 0 Å². The smallest absolute Gasteiger partial charge is 0.408 e. The third-order valence-electron chi connectivity index (χ3n) is 9.60. The Kier molecular flexibility index (Phi) is 15.6. The number of nitrogens with zero attached hydrogens (tertiary/aromatic N) is 4. The molecule has 5 rings (SSSR count). The number of benzene rings is 3. The maximum atomic E-state index is 15.5. The fraction of sp³-hybridized carbons (Fsp3) is 0.400. The lowest BCUT2D eigenvalue weighted by Gasteiger charge is -2.43. The Bertz CT molecular complexity index is 2030. The lowest BCUT2D eigenvalue weighted by atomic mass is 9.82. The summed E-state index contributed by atoms with van der Waals surface area (Å²) in [4.78, 5) is 55.7. The van der Waals surface area contributed by atoms with Crippen LogP contribution in [-0.2, 0) is 56.6 Å². The largest absolute Gasteiger partial charge is 0.444 e. The van der Waals surface area contributed by atoms with Gasteiger partial charge >= 0.3 is 6.09 Å². The van der Waals surface area contributed by atoms with Gasteiger partial charge in [-0.1, -0.05) is 105 Å². The second-order valence-corrected chi connectivity index (χ2v) is 16.4. The standard InChI is InChI=1S/C45H57N7O7/c1-44(2,3)59-43(56)50-36(23-32-15-9-6-10-16-32)42(55)52(37(40(46)54)24-35-26-47-30-49-35)38(25-45(4,5)29-57-27-33-17-11-7-12-18-33)39(53)41-48-21-22-51(41)31-58-28-34-19-13-8-14-20-34/h6-22,26,30,36-39,53H,23-25,27-29,31H2,1-5H3,(H2,46,54)(H,47,49)(H,50,56)/t36-,37-,38?,39-/m0/s1. The highest BCUT2D eigenvalue weighted by Crippen LogP contribution is 2.35. The number of hydrogen-bond donors (Lipinski definition) is 4. The second-order valence-electron chi connectivity index (χ2n) is 16.4. The van der Waals surface area contributed by atoms with Gasteiger partial charge in [-0.2, -0.15) is 0 Å². The summed E-state index contributed by atoms with van der Waals surface area (Å²) in [6.45, 7) is 10.0. The summed E-state index contributed by atoms with van der Waals surface area (Å²) >= 11 is 0. The van der Waals surface area contributed by atoms with Gasteiger partial charge in [0.2, 0.25) is 11.8 Å². The van der Waals surface area contributed by atoms with Crippen molar-refractivity contribution in [3.8, 4) is 0 Å². The number of carbonyl (C=O) groups is 3. The molecular weight excluding hydrogens is 751 g/mol. The van der Waals surface area contributed by atoms with Crippen LogP contribution in [-0.4, -0.2) is 77.8 Å². The molecule has 2 aromatic heterocycles. The van der Waals surface area contributed by atoms with Gasteiger partial charge in [-0.05, 0) is 49.3 Å². The van der Waals surface area contributed by atoms with Gasteiger partial charge in [-0.3, -0.25) is 9.59 Å². The van der Waals surface area contributed by atoms with E-state index in [1.165, 1.54) is 11.2 Å². The molecule has 14 nitrogen and oxygen atoms in total. The number of imidazole rings is 2. The van der Waals surface area contributed by atoms with Gasteiger partial charge in [0.15, 0.2) is 0 Å². The van der Waals surface area contributed by atoms with Gasteiger partial charge in [0, 0.05) is 37.1 Å². The molecule has 0 spiro atoms. The van der Waals surface area contributed by atoms with Crippen molar-refractivity contribution in [2.75, 3.05) is 6.61 Å². The van der Waals surface area contributed by atoms with Crippen LogP contribution in [0.4, 0.5) is 4.79 Å². The zero-order valence-electron chi connectivity index (χ0n) is 34.5. The Morgan fingerprint density at radius 3 is 2.02 bits per heavy atom. The van der Waals surface area contributed by atoms with E-state index in [1.54, 1.807) is 43.9 Å². The van der Waals surface area contributed by atoms with E-state index in [2.05, 4.69) is 20.3 Å². The molecule has 314 valence electrons. The average molecular weight is 808 g/mol. The number of nitrogens with one attached hydrogen (secondary N) is 2. The first-order valence-corrected chi connectivity index (χ1v) is 19.7. The Labute approximate surface area is 346 Å². The molecule has 0 aliphatic carbocycles. The summed E-state index contributed by atoms with van der Waals surface area (Å²) in [7, 11) is 0. The molecule has 5 aromatic rings. The number of rotatable bonds is 21. The molecule has 5 N–H and O–H groups in total. The molecule has 0 bridgehead atoms. The van der Waals surface area contributed by atoms with Crippen molar-refractivity contribution < 1.29 is 33.7 Å². The van der Waals surface area contributed by atoms with Gasteiger partial charge in [0.05, 0.1) is 32.2 Å². The van der Waals surface area contributed by atoms with Gasteiger partial charge < -0.3 is 44.8 Å². The van der Waals surface area contributed by atoms with Crippen molar-refractivity contribution in [2.24, 2.45) is 11.1 Å². The van der Waals surface area contributed by atoms with Gasteiger partial charge in [0.25, 0.3) is 0 Å². The molecule has 2 heterocycles. The molecule has 0 saturated heterocycles. The minimum atomic E-state index is -1.48. The lowest BCUT2D eigenvalue weighted by molar-refractivity contribution is -0.149. The van der Waals surface area contributed by atoms with Crippen LogP contribution in [0.2, 0.25) is 0 Å². The number of hydrogen-bond acceptors (Lipinski definition) is 9. The van der Waals surface area contributed by atoms with Gasteiger partial charge in [-0.15, -0.1) is 0 Å². The highest BCUT2D eigenvalue weighted by molar-refractivity contribution is 5.91. The number of ether oxygens (including phenoxy) is 3. The molecule has 0 saturated carbocycles. The van der Waals surface area contributed by atoms with Crippen molar-refractivity contribution in [2.45, 2.75) is 104 Å². The summed E-state index contributed by atoms with van der Waals surface area (Å²) in [6, 6.07) is 24.9. The number of aromatic amines is 1. The Hall–Kier alpha value is -5.83. The minimum Gasteiger partial charge on any atom is -0.444 e. The number of H-pyrrole nitrogens is 1. The van der Waals surface area contributed by atoms with E-state index in [0.29, 0.717) is 18.9 Å². The molecule has 4 atom stereocenters. The number of amides is 3. The molecular formula is C45H57N7O7. The van der Waals surface area contributed by atoms with Crippen molar-refractivity contribution >= 4 is 17.9 Å². The van der Waals surface area contributed by atoms with Crippen molar-refractivity contribution in [3.05, 3.63) is 144 Å². The summed E-state index contributed by atoms with van der Waals surface area (Å²) < 4.78 is 19.6. The average Bonchev–Trinajstić information content (AvgIpc) is 3.90. The van der Waals surface area contributed by atoms with Crippen LogP contribution >= 0.6 is 0 Å². The summed E-state index contributed by atoms with van der Waals surface area (Å²) in [5.41, 5.74) is 7.86. The van der Waals surface area contributed by atoms with Gasteiger partial charge in [-0.25, -0.2) is 14.8 Å². The predicted molar refractivity (Wildman–Crippen MR) is 222 cm³/mol. The fourth-order valence-corrected chi connectivity index (χ4v) is 6.88. The third kappa shape index (κ3) is 13.6. The fourth-order valence-electron chi connectivity index (χ4n) is 6.88. The number of aromatic nitrogens is 4. The molecule has 0 aliphatic heterocycles. The van der Waals surface area contributed by atoms with Crippen LogP contribution in [0.1, 0.15) is 75.4 Å². The number of alkyl carbamates (subject to hydrolysis) is 1. The second kappa shape index (κ2) is 20.7. The van der Waals surface area contributed by atoms with E-state index in [1.807, 2.05) is 105 Å². The van der Waals surface area contributed by atoms with Crippen LogP contribution in [0.15, 0.2) is 116 Å². The monoisotopic (exact) mass is 807 g/mol. The molecule has 1 unspecified atom stereocenters. The van der Waals surface area contributed by atoms with Crippen molar-refractivity contribution in [3.63, 3.8) is 0 Å². The van der Waals surface area contributed by atoms with E-state index in [4.69, 9.17) is 19.9 Å². The van der Waals surface area contributed by atoms with Crippen LogP contribution < -0.4 is 11.1 Å². The van der Waals surface area contributed by atoms with E-state index < -0.39 is 53.2 Å². The topological polar surface area (TPSA) is 187 Å². The highest BCUT2D eigenvalue weighted by Gasteiger charge is 2.45. The molecule has 3 amide bonds. The molecule has 0 fully saturated rings. The van der Waals surface area contributed by atoms with E-state index >= 15 is 4.79 Å². The lowest BCUT2D eigenvalue weighted by Crippen LogP contribution is -2.62. The Morgan fingerprint density at radius 1 is 0.864 bits per heavy atom.